The molecule has 1 aliphatic rings. The molecule has 1 aromatic carbocycles. The van der Waals surface area contributed by atoms with Gasteiger partial charge in [0.1, 0.15) is 11.3 Å². The molecule has 3 rings (SSSR count). The summed E-state index contributed by atoms with van der Waals surface area (Å²) in [4.78, 5) is 4.20. The summed E-state index contributed by atoms with van der Waals surface area (Å²) in [6.07, 6.45) is 0.819. The molecule has 0 saturated carbocycles. The van der Waals surface area contributed by atoms with Gasteiger partial charge in [-0.1, -0.05) is 18.2 Å². The Balaban J connectivity index is 1.99. The van der Waals surface area contributed by atoms with E-state index >= 15 is 0 Å². The van der Waals surface area contributed by atoms with Crippen LogP contribution in [0.2, 0.25) is 0 Å². The molecule has 76 valence electrons. The monoisotopic (exact) mass is 200 g/mol. The quantitative estimate of drug-likeness (QED) is 0.767. The maximum absolute atomic E-state index is 5.77. The second-order valence-electron chi connectivity index (χ2n) is 3.92. The van der Waals surface area contributed by atoms with E-state index in [9.17, 15) is 0 Å². The molecule has 0 aliphatic carbocycles. The summed E-state index contributed by atoms with van der Waals surface area (Å²) < 4.78 is 5.77. The van der Waals surface area contributed by atoms with E-state index in [2.05, 4.69) is 17.1 Å². The van der Waals surface area contributed by atoms with Crippen LogP contribution in [0, 0.1) is 0 Å². The molecular formula is C12H12N2O. The molecule has 0 fully saturated rings. The van der Waals surface area contributed by atoms with Gasteiger partial charge >= 0.3 is 0 Å². The smallest absolute Gasteiger partial charge is 0.134 e. The molecule has 1 aromatic heterocycles. The van der Waals surface area contributed by atoms with Crippen LogP contribution in [0.1, 0.15) is 18.1 Å². The van der Waals surface area contributed by atoms with Gasteiger partial charge in [0, 0.05) is 17.7 Å². The van der Waals surface area contributed by atoms with Crippen LogP contribution in [0.4, 0.5) is 0 Å². The summed E-state index contributed by atoms with van der Waals surface area (Å²) in [5.41, 5.74) is 6.61. The van der Waals surface area contributed by atoms with E-state index in [1.54, 1.807) is 0 Å². The Kier molecular flexibility index (Phi) is 1.78. The molecule has 0 spiro atoms. The first-order valence-corrected chi connectivity index (χ1v) is 5.10. The van der Waals surface area contributed by atoms with Crippen LogP contribution in [0.5, 0.6) is 0 Å². The van der Waals surface area contributed by atoms with Crippen molar-refractivity contribution < 1.29 is 4.42 Å². The minimum absolute atomic E-state index is 0.331. The van der Waals surface area contributed by atoms with Crippen molar-refractivity contribution in [3.05, 3.63) is 36.1 Å². The van der Waals surface area contributed by atoms with Gasteiger partial charge in [0.2, 0.25) is 0 Å². The van der Waals surface area contributed by atoms with E-state index in [0.29, 0.717) is 5.92 Å². The first kappa shape index (κ1) is 8.53. The number of nitrogens with zero attached hydrogens (tertiary/aromatic N) is 1. The Morgan fingerprint density at radius 3 is 2.93 bits per heavy atom. The van der Waals surface area contributed by atoms with E-state index < -0.39 is 0 Å². The summed E-state index contributed by atoms with van der Waals surface area (Å²) in [6.45, 7) is 0.756. The van der Waals surface area contributed by atoms with Crippen molar-refractivity contribution in [2.75, 3.05) is 6.54 Å². The van der Waals surface area contributed by atoms with Crippen LogP contribution in [-0.4, -0.2) is 12.4 Å². The van der Waals surface area contributed by atoms with Crippen molar-refractivity contribution in [1.29, 1.82) is 0 Å². The predicted octanol–water partition coefficient (Wildman–Crippen LogP) is 2.28. The second-order valence-corrected chi connectivity index (χ2v) is 3.92. The van der Waals surface area contributed by atoms with Crippen molar-refractivity contribution in [2.24, 2.45) is 10.7 Å². The van der Waals surface area contributed by atoms with Gasteiger partial charge in [-0.2, -0.15) is 0 Å². The normalized spacial score (nSPS) is 20.8. The minimum Gasteiger partial charge on any atom is -0.461 e. The zero-order valence-electron chi connectivity index (χ0n) is 8.31. The number of fused-ring (bicyclic) bond motifs is 1. The lowest BCUT2D eigenvalue weighted by molar-refractivity contribution is 0.508. The van der Waals surface area contributed by atoms with Gasteiger partial charge in [-0.15, -0.1) is 0 Å². The first-order valence-electron chi connectivity index (χ1n) is 5.10. The van der Waals surface area contributed by atoms with E-state index in [4.69, 9.17) is 10.2 Å². The maximum atomic E-state index is 5.77. The number of aliphatic imine (C=N–C) groups is 1. The van der Waals surface area contributed by atoms with E-state index in [1.165, 1.54) is 0 Å². The number of hydrogen-bond acceptors (Lipinski definition) is 3. The Hall–Kier alpha value is -1.77. The van der Waals surface area contributed by atoms with Gasteiger partial charge in [0.05, 0.1) is 12.4 Å². The number of amidine groups is 1. The highest BCUT2D eigenvalue weighted by molar-refractivity contribution is 5.83. The van der Waals surface area contributed by atoms with E-state index in [0.717, 1.165) is 35.5 Å². The number of rotatable bonds is 1. The SMILES string of the molecule is NC1=NCC(c2cc3ccccc3o2)C1. The third kappa shape index (κ3) is 1.40. The largest absolute Gasteiger partial charge is 0.461 e. The summed E-state index contributed by atoms with van der Waals surface area (Å²) in [5, 5.41) is 1.15. The molecular weight excluding hydrogens is 188 g/mol. The molecule has 2 aromatic rings. The molecule has 2 heterocycles. The van der Waals surface area contributed by atoms with Crippen LogP contribution >= 0.6 is 0 Å². The van der Waals surface area contributed by atoms with Crippen LogP contribution in [-0.2, 0) is 0 Å². The zero-order valence-corrected chi connectivity index (χ0v) is 8.31. The molecule has 1 atom stereocenters. The molecule has 0 saturated heterocycles. The number of furan rings is 1. The Labute approximate surface area is 87.6 Å². The fourth-order valence-electron chi connectivity index (χ4n) is 2.00. The number of hydrogen-bond donors (Lipinski definition) is 1. The summed E-state index contributed by atoms with van der Waals surface area (Å²) in [5.74, 6) is 2.07. The van der Waals surface area contributed by atoms with Gasteiger partial charge in [-0.25, -0.2) is 0 Å². The van der Waals surface area contributed by atoms with Gasteiger partial charge in [-0.05, 0) is 12.1 Å². The minimum atomic E-state index is 0.331. The molecule has 0 radical (unpaired) electrons. The predicted molar refractivity (Wildman–Crippen MR) is 60.1 cm³/mol. The number of benzene rings is 1. The Morgan fingerprint density at radius 1 is 1.33 bits per heavy atom. The van der Waals surface area contributed by atoms with Crippen LogP contribution in [0.3, 0.4) is 0 Å². The molecule has 2 N–H and O–H groups in total. The van der Waals surface area contributed by atoms with Crippen molar-refractivity contribution >= 4 is 16.8 Å². The fourth-order valence-corrected chi connectivity index (χ4v) is 2.00. The van der Waals surface area contributed by atoms with Gasteiger partial charge in [-0.3, -0.25) is 4.99 Å². The Morgan fingerprint density at radius 2 is 2.20 bits per heavy atom. The van der Waals surface area contributed by atoms with Crippen molar-refractivity contribution in [2.45, 2.75) is 12.3 Å². The van der Waals surface area contributed by atoms with Crippen LogP contribution in [0.25, 0.3) is 11.0 Å². The standard InChI is InChI=1S/C12H12N2O/c13-12-6-9(7-14-12)11-5-8-3-1-2-4-10(8)15-11/h1-5,9H,6-7H2,(H2,13,14). The lowest BCUT2D eigenvalue weighted by Gasteiger charge is -2.02. The maximum Gasteiger partial charge on any atom is 0.134 e. The summed E-state index contributed by atoms with van der Waals surface area (Å²) >= 11 is 0. The molecule has 3 nitrogen and oxygen atoms in total. The third-order valence-corrected chi connectivity index (χ3v) is 2.82. The third-order valence-electron chi connectivity index (χ3n) is 2.82. The first-order chi connectivity index (χ1) is 7.33. The second kappa shape index (κ2) is 3.12. The number of para-hydroxylation sites is 1. The highest BCUT2D eigenvalue weighted by Crippen LogP contribution is 2.29. The summed E-state index contributed by atoms with van der Waals surface area (Å²) in [6, 6.07) is 10.1. The van der Waals surface area contributed by atoms with Gasteiger partial charge in [0.25, 0.3) is 0 Å². The molecule has 15 heavy (non-hydrogen) atoms. The average molecular weight is 200 g/mol. The summed E-state index contributed by atoms with van der Waals surface area (Å²) in [7, 11) is 0. The van der Waals surface area contributed by atoms with Crippen LogP contribution in [0.15, 0.2) is 39.7 Å². The number of nitrogens with two attached hydrogens (primary N) is 1. The van der Waals surface area contributed by atoms with Crippen LogP contribution < -0.4 is 5.73 Å². The topological polar surface area (TPSA) is 51.5 Å². The fraction of sp³-hybridized carbons (Fsp3) is 0.250. The van der Waals surface area contributed by atoms with Gasteiger partial charge in [0.15, 0.2) is 0 Å². The van der Waals surface area contributed by atoms with Crippen molar-refractivity contribution in [3.8, 4) is 0 Å². The molecule has 0 bridgehead atoms. The average Bonchev–Trinajstić information content (AvgIpc) is 2.82. The van der Waals surface area contributed by atoms with Gasteiger partial charge < -0.3 is 10.2 Å². The molecule has 0 amide bonds. The highest BCUT2D eigenvalue weighted by Gasteiger charge is 2.21. The van der Waals surface area contributed by atoms with Crippen molar-refractivity contribution in [1.82, 2.24) is 0 Å². The molecule has 1 aliphatic heterocycles. The highest BCUT2D eigenvalue weighted by atomic mass is 16.3. The zero-order chi connectivity index (χ0) is 10.3. The van der Waals surface area contributed by atoms with E-state index in [1.807, 2.05) is 18.2 Å². The molecule has 1 unspecified atom stereocenters. The lowest BCUT2D eigenvalue weighted by Crippen LogP contribution is -2.08. The molecule has 3 heteroatoms. The van der Waals surface area contributed by atoms with Crippen molar-refractivity contribution in [3.63, 3.8) is 0 Å². The van der Waals surface area contributed by atoms with E-state index in [-0.39, 0.29) is 0 Å². The Bertz CT molecular complexity index is 494. The lowest BCUT2D eigenvalue weighted by atomic mass is 10.0.